The molecule has 1 aliphatic heterocycles. The molecule has 4 nitrogen and oxygen atoms in total. The molecule has 0 saturated carbocycles. The van der Waals surface area contributed by atoms with Crippen LogP contribution in [0.3, 0.4) is 0 Å². The molecule has 1 amide bonds. The molecule has 0 spiro atoms. The van der Waals surface area contributed by atoms with Crippen LogP contribution < -0.4 is 5.73 Å². The van der Waals surface area contributed by atoms with Crippen LogP contribution in [0, 0.1) is 5.92 Å². The fraction of sp³-hybridized carbons (Fsp3) is 0.900. The minimum absolute atomic E-state index is 0.0857. The van der Waals surface area contributed by atoms with Gasteiger partial charge in [0.05, 0.1) is 0 Å². The summed E-state index contributed by atoms with van der Waals surface area (Å²) in [5, 5.41) is 0. The molecule has 0 aromatic rings. The quantitative estimate of drug-likeness (QED) is 0.639. The van der Waals surface area contributed by atoms with Crippen molar-refractivity contribution in [3.63, 3.8) is 0 Å². The minimum atomic E-state index is -0.424. The van der Waals surface area contributed by atoms with Crippen LogP contribution in [0.15, 0.2) is 0 Å². The summed E-state index contributed by atoms with van der Waals surface area (Å²) >= 11 is 0. The molecule has 0 aromatic heterocycles. The summed E-state index contributed by atoms with van der Waals surface area (Å²) in [7, 11) is 0. The molecule has 82 valence electrons. The van der Waals surface area contributed by atoms with E-state index in [0.29, 0.717) is 19.0 Å². The predicted molar refractivity (Wildman–Crippen MR) is 54.9 cm³/mol. The molecule has 0 bridgehead atoms. The highest BCUT2D eigenvalue weighted by Crippen LogP contribution is 2.17. The van der Waals surface area contributed by atoms with Gasteiger partial charge in [-0.1, -0.05) is 6.92 Å². The first kappa shape index (κ1) is 11.3. The maximum atomic E-state index is 11.6. The van der Waals surface area contributed by atoms with E-state index in [2.05, 4.69) is 6.92 Å². The lowest BCUT2D eigenvalue weighted by atomic mass is 10.1. The van der Waals surface area contributed by atoms with Crippen molar-refractivity contribution in [2.45, 2.75) is 39.3 Å². The predicted octanol–water partition coefficient (Wildman–Crippen LogP) is 1.20. The Bertz CT molecular complexity index is 213. The summed E-state index contributed by atoms with van der Waals surface area (Å²) in [4.78, 5) is 13.3. The van der Waals surface area contributed by atoms with Crippen LogP contribution in [0.1, 0.15) is 27.7 Å². The summed E-state index contributed by atoms with van der Waals surface area (Å²) in [6.07, 6.45) is -0.252. The van der Waals surface area contributed by atoms with E-state index in [1.54, 1.807) is 4.90 Å². The topological polar surface area (TPSA) is 55.6 Å². The van der Waals surface area contributed by atoms with Crippen molar-refractivity contribution < 1.29 is 9.53 Å². The molecule has 2 atom stereocenters. The van der Waals surface area contributed by atoms with Crippen molar-refractivity contribution in [1.82, 2.24) is 4.90 Å². The summed E-state index contributed by atoms with van der Waals surface area (Å²) in [6.45, 7) is 8.96. The molecule has 1 unspecified atom stereocenters. The second kappa shape index (κ2) is 3.77. The van der Waals surface area contributed by atoms with Gasteiger partial charge in [-0.2, -0.15) is 0 Å². The summed E-state index contributed by atoms with van der Waals surface area (Å²) < 4.78 is 5.25. The molecule has 1 rings (SSSR count). The molecule has 0 radical (unpaired) electrons. The Labute approximate surface area is 85.4 Å². The van der Waals surface area contributed by atoms with Gasteiger partial charge in [0.1, 0.15) is 5.60 Å². The zero-order valence-corrected chi connectivity index (χ0v) is 9.41. The first-order valence-corrected chi connectivity index (χ1v) is 5.03. The van der Waals surface area contributed by atoms with Gasteiger partial charge in [-0.3, -0.25) is 0 Å². The Morgan fingerprint density at radius 1 is 1.43 bits per heavy atom. The number of nitrogens with zero attached hydrogens (tertiary/aromatic N) is 1. The number of hydrogen-bond acceptors (Lipinski definition) is 3. The molecule has 0 aromatic carbocycles. The lowest BCUT2D eigenvalue weighted by molar-refractivity contribution is 0.0287. The zero-order chi connectivity index (χ0) is 10.9. The van der Waals surface area contributed by atoms with E-state index in [4.69, 9.17) is 10.5 Å². The third-order valence-corrected chi connectivity index (χ3v) is 2.32. The average Bonchev–Trinajstić information content (AvgIpc) is 2.28. The first-order valence-electron chi connectivity index (χ1n) is 5.03. The molecule has 0 aliphatic carbocycles. The van der Waals surface area contributed by atoms with Gasteiger partial charge in [0, 0.05) is 19.1 Å². The largest absolute Gasteiger partial charge is 0.444 e. The summed E-state index contributed by atoms with van der Waals surface area (Å²) in [5.74, 6) is 0.363. The molecular formula is C10H20N2O2. The normalized spacial score (nSPS) is 27.9. The van der Waals surface area contributed by atoms with E-state index in [9.17, 15) is 4.79 Å². The van der Waals surface area contributed by atoms with Crippen LogP contribution >= 0.6 is 0 Å². The number of amides is 1. The van der Waals surface area contributed by atoms with Gasteiger partial charge in [0.15, 0.2) is 0 Å². The van der Waals surface area contributed by atoms with Crippen LogP contribution in [0.4, 0.5) is 4.79 Å². The van der Waals surface area contributed by atoms with Crippen LogP contribution in [0.5, 0.6) is 0 Å². The van der Waals surface area contributed by atoms with Gasteiger partial charge in [-0.25, -0.2) is 4.79 Å². The van der Waals surface area contributed by atoms with Crippen LogP contribution in [0.25, 0.3) is 0 Å². The van der Waals surface area contributed by atoms with Crippen molar-refractivity contribution in [3.8, 4) is 0 Å². The molecule has 2 N–H and O–H groups in total. The molecule has 1 heterocycles. The number of carbonyl (C=O) groups excluding carboxylic acids is 1. The fourth-order valence-electron chi connectivity index (χ4n) is 1.47. The minimum Gasteiger partial charge on any atom is -0.444 e. The highest BCUT2D eigenvalue weighted by atomic mass is 16.6. The molecule has 1 aliphatic rings. The van der Waals surface area contributed by atoms with Gasteiger partial charge in [0.2, 0.25) is 0 Å². The van der Waals surface area contributed by atoms with Gasteiger partial charge in [-0.05, 0) is 26.7 Å². The molecule has 14 heavy (non-hydrogen) atoms. The maximum absolute atomic E-state index is 11.6. The molecule has 4 heteroatoms. The van der Waals surface area contributed by atoms with Gasteiger partial charge in [0.25, 0.3) is 0 Å². The van der Waals surface area contributed by atoms with Crippen molar-refractivity contribution >= 4 is 6.09 Å². The van der Waals surface area contributed by atoms with E-state index >= 15 is 0 Å². The van der Waals surface area contributed by atoms with Gasteiger partial charge < -0.3 is 15.4 Å². The standard InChI is InChI=1S/C10H20N2O2/c1-7-5-12(6-8(7)11)9(13)14-10(2,3)4/h7-8H,5-6,11H2,1-4H3/t7?,8-/m1/s1. The van der Waals surface area contributed by atoms with Crippen LogP contribution in [-0.2, 0) is 4.74 Å². The van der Waals surface area contributed by atoms with Crippen molar-refractivity contribution in [1.29, 1.82) is 0 Å². The lowest BCUT2D eigenvalue weighted by Crippen LogP contribution is -2.36. The van der Waals surface area contributed by atoms with Gasteiger partial charge in [-0.15, -0.1) is 0 Å². The average molecular weight is 200 g/mol. The highest BCUT2D eigenvalue weighted by molar-refractivity contribution is 5.68. The Hall–Kier alpha value is -0.770. The van der Waals surface area contributed by atoms with Crippen molar-refractivity contribution in [3.05, 3.63) is 0 Å². The smallest absolute Gasteiger partial charge is 0.410 e. The number of carbonyl (C=O) groups is 1. The van der Waals surface area contributed by atoms with E-state index in [1.807, 2.05) is 20.8 Å². The fourth-order valence-corrected chi connectivity index (χ4v) is 1.47. The van der Waals surface area contributed by atoms with Crippen LogP contribution in [0.2, 0.25) is 0 Å². The summed E-state index contributed by atoms with van der Waals surface area (Å²) in [6, 6.07) is 0.0857. The highest BCUT2D eigenvalue weighted by Gasteiger charge is 2.32. The van der Waals surface area contributed by atoms with Crippen molar-refractivity contribution in [2.75, 3.05) is 13.1 Å². The third-order valence-electron chi connectivity index (χ3n) is 2.32. The van der Waals surface area contributed by atoms with Crippen LogP contribution in [-0.4, -0.2) is 35.7 Å². The number of ether oxygens (including phenoxy) is 1. The molecular weight excluding hydrogens is 180 g/mol. The van der Waals surface area contributed by atoms with Gasteiger partial charge >= 0.3 is 6.09 Å². The Morgan fingerprint density at radius 3 is 2.36 bits per heavy atom. The maximum Gasteiger partial charge on any atom is 0.410 e. The second-order valence-electron chi connectivity index (χ2n) is 5.03. The first-order chi connectivity index (χ1) is 6.29. The number of rotatable bonds is 0. The number of likely N-dealkylation sites (tertiary alicyclic amines) is 1. The second-order valence-corrected chi connectivity index (χ2v) is 5.03. The van der Waals surface area contributed by atoms with E-state index < -0.39 is 5.60 Å². The molecule has 1 saturated heterocycles. The molecule has 1 fully saturated rings. The van der Waals surface area contributed by atoms with E-state index in [1.165, 1.54) is 0 Å². The summed E-state index contributed by atoms with van der Waals surface area (Å²) in [5.41, 5.74) is 5.40. The Morgan fingerprint density at radius 2 is 2.00 bits per heavy atom. The van der Waals surface area contributed by atoms with E-state index in [-0.39, 0.29) is 12.1 Å². The lowest BCUT2D eigenvalue weighted by Gasteiger charge is -2.24. The number of hydrogen-bond donors (Lipinski definition) is 1. The van der Waals surface area contributed by atoms with E-state index in [0.717, 1.165) is 0 Å². The zero-order valence-electron chi connectivity index (χ0n) is 9.41. The van der Waals surface area contributed by atoms with Crippen molar-refractivity contribution in [2.24, 2.45) is 11.7 Å². The third kappa shape index (κ3) is 2.87. The Kier molecular flexibility index (Phi) is 3.04. The Balaban J connectivity index is 2.48. The SMILES string of the molecule is CC1CN(C(=O)OC(C)(C)C)C[C@H]1N. The number of nitrogens with two attached hydrogens (primary N) is 1. The monoisotopic (exact) mass is 200 g/mol.